The lowest BCUT2D eigenvalue weighted by Crippen LogP contribution is -2.43. The Morgan fingerprint density at radius 3 is 2.45 bits per heavy atom. The molecule has 2 heterocycles. The lowest BCUT2D eigenvalue weighted by molar-refractivity contribution is -0.189. The van der Waals surface area contributed by atoms with Gasteiger partial charge in [0, 0.05) is 24.2 Å². The molecule has 0 atom stereocenters. The molecule has 11 nitrogen and oxygen atoms in total. The zero-order chi connectivity index (χ0) is 32.2. The van der Waals surface area contributed by atoms with Gasteiger partial charge in [-0.1, -0.05) is 19.1 Å². The van der Waals surface area contributed by atoms with E-state index in [1.165, 1.54) is 19.1 Å². The molecule has 0 aliphatic carbocycles. The maximum atomic E-state index is 15.0. The number of alkyl halides is 3. The highest BCUT2D eigenvalue weighted by Crippen LogP contribution is 2.43. The molecule has 0 radical (unpaired) electrons. The Balaban J connectivity index is 2.05. The van der Waals surface area contributed by atoms with Crippen molar-refractivity contribution in [3.05, 3.63) is 58.7 Å². The Hall–Kier alpha value is -4.86. The number of urea groups is 1. The number of halogens is 5. The number of carbonyl (C=O) groups is 3. The van der Waals surface area contributed by atoms with E-state index in [4.69, 9.17) is 10.5 Å². The quantitative estimate of drug-likeness (QED) is 0.112. The number of fused-ring (bicyclic) bond motifs is 1. The Kier molecular flexibility index (Phi) is 9.62. The van der Waals surface area contributed by atoms with Crippen molar-refractivity contribution in [3.8, 4) is 17.0 Å². The van der Waals surface area contributed by atoms with Crippen LogP contribution in [-0.4, -0.2) is 53.7 Å². The molecule has 234 valence electrons. The lowest BCUT2D eigenvalue weighted by atomic mass is 9.95. The first-order valence-corrected chi connectivity index (χ1v) is 13.5. The zero-order valence-corrected chi connectivity index (χ0v) is 23.6. The van der Waals surface area contributed by atoms with Gasteiger partial charge in [0.15, 0.2) is 11.6 Å². The topological polar surface area (TPSA) is 152 Å². The van der Waals surface area contributed by atoms with Gasteiger partial charge in [-0.25, -0.2) is 28.3 Å². The molecular formula is C28H28F5N7O4. The van der Waals surface area contributed by atoms with Crippen LogP contribution in [0.3, 0.4) is 0 Å². The number of nitrogens with two attached hydrogens (primary N) is 1. The number of esters is 1. The fraction of sp³-hybridized carbons (Fsp3) is 0.321. The predicted octanol–water partition coefficient (Wildman–Crippen LogP) is 4.46. The normalized spacial score (nSPS) is 12.8. The van der Waals surface area contributed by atoms with E-state index in [0.29, 0.717) is 17.7 Å². The van der Waals surface area contributed by atoms with E-state index >= 15 is 0 Å². The lowest BCUT2D eigenvalue weighted by Gasteiger charge is -2.31. The highest BCUT2D eigenvalue weighted by Gasteiger charge is 2.43. The van der Waals surface area contributed by atoms with Crippen LogP contribution in [0.5, 0.6) is 5.75 Å². The smallest absolute Gasteiger partial charge is 0.418 e. The van der Waals surface area contributed by atoms with Gasteiger partial charge < -0.3 is 26.4 Å². The molecule has 1 aliphatic rings. The minimum absolute atomic E-state index is 0.00940. The first kappa shape index (κ1) is 32.1. The first-order valence-electron chi connectivity index (χ1n) is 13.5. The number of anilines is 3. The van der Waals surface area contributed by atoms with Crippen molar-refractivity contribution >= 4 is 35.4 Å². The van der Waals surface area contributed by atoms with Crippen molar-refractivity contribution in [2.45, 2.75) is 39.4 Å². The van der Waals surface area contributed by atoms with Crippen LogP contribution in [0, 0.1) is 18.6 Å². The minimum Gasteiger partial charge on any atom is -0.418 e. The summed E-state index contributed by atoms with van der Waals surface area (Å²) in [6, 6.07) is 4.61. The molecule has 16 heteroatoms. The molecule has 0 unspecified atom stereocenters. The number of ether oxygens (including phenoxy) is 1. The summed E-state index contributed by atoms with van der Waals surface area (Å²) in [4.78, 5) is 47.6. The number of hydrogen-bond donors (Lipinski definition) is 4. The fourth-order valence-corrected chi connectivity index (χ4v) is 4.40. The third kappa shape index (κ3) is 6.54. The van der Waals surface area contributed by atoms with Gasteiger partial charge in [-0.05, 0) is 50.1 Å². The summed E-state index contributed by atoms with van der Waals surface area (Å²) in [6.45, 7) is 3.55. The number of nitrogens with zero attached hydrogens (tertiary/aromatic N) is 3. The molecular weight excluding hydrogens is 593 g/mol. The van der Waals surface area contributed by atoms with Gasteiger partial charge in [-0.3, -0.25) is 4.79 Å². The average Bonchev–Trinajstić information content (AvgIpc) is 2.96. The third-order valence-corrected chi connectivity index (χ3v) is 6.45. The molecule has 0 saturated heterocycles. The largest absolute Gasteiger partial charge is 0.491 e. The number of nitrogens with one attached hydrogen (secondary N) is 3. The highest BCUT2D eigenvalue weighted by atomic mass is 19.4. The SMILES string of the molecule is CCCNC(=O)c1ccc(C)c(-c2nc(NCCCN)nc3c2CNC(=O)N3c2c(F)cccc2F)c1OC(=O)C(F)(F)F. The van der Waals surface area contributed by atoms with E-state index in [1.54, 1.807) is 6.92 Å². The summed E-state index contributed by atoms with van der Waals surface area (Å²) in [6.07, 6.45) is -4.49. The third-order valence-electron chi connectivity index (χ3n) is 6.45. The molecule has 1 aromatic heterocycles. The van der Waals surface area contributed by atoms with E-state index in [0.717, 1.165) is 18.2 Å². The Labute approximate surface area is 248 Å². The molecule has 3 amide bonds. The van der Waals surface area contributed by atoms with Crippen LogP contribution in [0.1, 0.15) is 41.3 Å². The van der Waals surface area contributed by atoms with Gasteiger partial charge in [0.05, 0.1) is 17.8 Å². The Bertz CT molecular complexity index is 1580. The average molecular weight is 622 g/mol. The van der Waals surface area contributed by atoms with Crippen molar-refractivity contribution in [3.63, 3.8) is 0 Å². The molecule has 0 spiro atoms. The van der Waals surface area contributed by atoms with Crippen molar-refractivity contribution < 1.29 is 41.1 Å². The van der Waals surface area contributed by atoms with Crippen molar-refractivity contribution in [2.75, 3.05) is 29.9 Å². The number of benzene rings is 2. The second kappa shape index (κ2) is 13.2. The number of hydrogen-bond acceptors (Lipinski definition) is 8. The van der Waals surface area contributed by atoms with Gasteiger partial charge in [0.2, 0.25) is 5.95 Å². The van der Waals surface area contributed by atoms with E-state index in [9.17, 15) is 36.3 Å². The monoisotopic (exact) mass is 621 g/mol. The van der Waals surface area contributed by atoms with Crippen LogP contribution < -0.4 is 31.3 Å². The van der Waals surface area contributed by atoms with Crippen LogP contribution in [0.25, 0.3) is 11.3 Å². The first-order chi connectivity index (χ1) is 20.9. The molecule has 0 fully saturated rings. The molecule has 0 bridgehead atoms. The van der Waals surface area contributed by atoms with E-state index in [2.05, 4.69) is 25.9 Å². The summed E-state index contributed by atoms with van der Waals surface area (Å²) < 4.78 is 75.0. The molecule has 2 aromatic carbocycles. The van der Waals surface area contributed by atoms with E-state index in [1.807, 2.05) is 0 Å². The Morgan fingerprint density at radius 2 is 1.82 bits per heavy atom. The van der Waals surface area contributed by atoms with Crippen LogP contribution in [0.4, 0.5) is 44.2 Å². The number of carbonyl (C=O) groups excluding carboxylic acids is 3. The number of aryl methyl sites for hydroxylation is 1. The second-order valence-corrected chi connectivity index (χ2v) is 9.61. The number of aromatic nitrogens is 2. The minimum atomic E-state index is -5.43. The summed E-state index contributed by atoms with van der Waals surface area (Å²) in [5.74, 6) is -6.86. The standard InChI is InChI=1S/C28H28F5N7O4/c1-3-11-35-24(41)15-9-8-14(2)19(22(15)44-25(42)28(31,32)33)20-16-13-37-27(43)40(21-17(29)6-4-7-18(21)30)23(16)39-26(38-20)36-12-5-10-34/h4,6-9H,3,5,10-13,34H2,1-2H3,(H,35,41)(H,37,43)(H,36,38,39). The van der Waals surface area contributed by atoms with Crippen LogP contribution in [0.2, 0.25) is 0 Å². The van der Waals surface area contributed by atoms with E-state index in [-0.39, 0.29) is 60.3 Å². The second-order valence-electron chi connectivity index (χ2n) is 9.61. The van der Waals surface area contributed by atoms with Crippen molar-refractivity contribution in [1.82, 2.24) is 20.6 Å². The van der Waals surface area contributed by atoms with Crippen molar-refractivity contribution in [1.29, 1.82) is 0 Å². The van der Waals surface area contributed by atoms with Crippen LogP contribution >= 0.6 is 0 Å². The number of para-hydroxylation sites is 1. The molecule has 1 aliphatic heterocycles. The number of amides is 3. The maximum Gasteiger partial charge on any atom is 0.491 e. The summed E-state index contributed by atoms with van der Waals surface area (Å²) >= 11 is 0. The van der Waals surface area contributed by atoms with Crippen molar-refractivity contribution in [2.24, 2.45) is 5.73 Å². The summed E-state index contributed by atoms with van der Waals surface area (Å²) in [5.41, 5.74) is 4.25. The zero-order valence-electron chi connectivity index (χ0n) is 23.6. The fourth-order valence-electron chi connectivity index (χ4n) is 4.40. The van der Waals surface area contributed by atoms with Gasteiger partial charge in [-0.15, -0.1) is 0 Å². The molecule has 0 saturated carbocycles. The molecule has 3 aromatic rings. The van der Waals surface area contributed by atoms with E-state index < -0.39 is 52.7 Å². The van der Waals surface area contributed by atoms with Gasteiger partial charge >= 0.3 is 18.2 Å². The van der Waals surface area contributed by atoms with Gasteiger partial charge in [0.1, 0.15) is 17.3 Å². The summed E-state index contributed by atoms with van der Waals surface area (Å²) in [7, 11) is 0. The molecule has 5 N–H and O–H groups in total. The Morgan fingerprint density at radius 1 is 1.11 bits per heavy atom. The predicted molar refractivity (Wildman–Crippen MR) is 149 cm³/mol. The maximum absolute atomic E-state index is 15.0. The van der Waals surface area contributed by atoms with Gasteiger partial charge in [-0.2, -0.15) is 18.2 Å². The van der Waals surface area contributed by atoms with Crippen LogP contribution in [-0.2, 0) is 11.3 Å². The molecule has 4 rings (SSSR count). The van der Waals surface area contributed by atoms with Crippen LogP contribution in [0.15, 0.2) is 30.3 Å². The molecule has 44 heavy (non-hydrogen) atoms. The van der Waals surface area contributed by atoms with Gasteiger partial charge in [0.25, 0.3) is 5.91 Å². The number of rotatable bonds is 10. The highest BCUT2D eigenvalue weighted by molar-refractivity contribution is 6.04. The summed E-state index contributed by atoms with van der Waals surface area (Å²) in [5, 5.41) is 7.88.